The second kappa shape index (κ2) is 7.08. The Hall–Kier alpha value is -2.08. The van der Waals surface area contributed by atoms with Crippen LogP contribution < -0.4 is 10.6 Å². The molecule has 0 radical (unpaired) electrons. The zero-order valence-electron chi connectivity index (χ0n) is 12.8. The van der Waals surface area contributed by atoms with Gasteiger partial charge in [-0.1, -0.05) is 0 Å². The Balaban J connectivity index is 2.62. The first-order valence-electron chi connectivity index (χ1n) is 6.73. The summed E-state index contributed by atoms with van der Waals surface area (Å²) < 4.78 is 5.13. The van der Waals surface area contributed by atoms with Gasteiger partial charge >= 0.3 is 6.09 Å². The Morgan fingerprint density at radius 1 is 1.24 bits per heavy atom. The molecule has 1 atom stereocenters. The van der Waals surface area contributed by atoms with Gasteiger partial charge in [-0.2, -0.15) is 0 Å². The van der Waals surface area contributed by atoms with Gasteiger partial charge in [0.25, 0.3) is 5.91 Å². The van der Waals surface area contributed by atoms with Crippen molar-refractivity contribution < 1.29 is 19.4 Å². The number of carbonyl (C=O) groups is 2. The van der Waals surface area contributed by atoms with Crippen molar-refractivity contribution in [2.24, 2.45) is 0 Å². The summed E-state index contributed by atoms with van der Waals surface area (Å²) in [4.78, 5) is 23.4. The van der Waals surface area contributed by atoms with Gasteiger partial charge in [-0.25, -0.2) is 4.79 Å². The lowest BCUT2D eigenvalue weighted by Gasteiger charge is -2.19. The molecule has 6 heteroatoms. The third kappa shape index (κ3) is 6.27. The van der Waals surface area contributed by atoms with E-state index in [1.165, 1.54) is 0 Å². The Bertz CT molecular complexity index is 491. The van der Waals surface area contributed by atoms with Crippen LogP contribution in [-0.4, -0.2) is 35.4 Å². The first-order chi connectivity index (χ1) is 9.71. The number of nitrogens with one attached hydrogen (secondary N) is 2. The molecule has 3 N–H and O–H groups in total. The van der Waals surface area contributed by atoms with E-state index in [0.717, 1.165) is 0 Å². The maximum absolute atomic E-state index is 11.8. The molecular weight excluding hydrogens is 272 g/mol. The summed E-state index contributed by atoms with van der Waals surface area (Å²) in [6.45, 7) is 6.92. The summed E-state index contributed by atoms with van der Waals surface area (Å²) in [5.74, 6) is -0.277. The molecule has 1 aromatic rings. The van der Waals surface area contributed by atoms with Crippen LogP contribution >= 0.6 is 0 Å². The molecule has 0 spiro atoms. The molecule has 0 saturated carbocycles. The molecule has 0 bridgehead atoms. The van der Waals surface area contributed by atoms with Gasteiger partial charge in [0.1, 0.15) is 5.60 Å². The number of ether oxygens (including phenoxy) is 1. The second-order valence-corrected chi connectivity index (χ2v) is 5.76. The van der Waals surface area contributed by atoms with Crippen molar-refractivity contribution in [2.75, 3.05) is 11.9 Å². The van der Waals surface area contributed by atoms with Crippen molar-refractivity contribution in [3.8, 4) is 0 Å². The molecule has 6 nitrogen and oxygen atoms in total. The normalized spacial score (nSPS) is 12.4. The molecule has 0 aliphatic heterocycles. The Morgan fingerprint density at radius 3 is 2.29 bits per heavy atom. The largest absolute Gasteiger partial charge is 0.444 e. The zero-order valence-corrected chi connectivity index (χ0v) is 12.8. The third-order valence-electron chi connectivity index (χ3n) is 2.44. The van der Waals surface area contributed by atoms with E-state index in [9.17, 15) is 9.59 Å². The number of carbonyl (C=O) groups excluding carboxylic acids is 2. The van der Waals surface area contributed by atoms with Crippen LogP contribution in [0.5, 0.6) is 0 Å². The van der Waals surface area contributed by atoms with Gasteiger partial charge in [-0.15, -0.1) is 0 Å². The third-order valence-corrected chi connectivity index (χ3v) is 2.44. The lowest BCUT2D eigenvalue weighted by atomic mass is 10.2. The van der Waals surface area contributed by atoms with Gasteiger partial charge in [0.05, 0.1) is 6.61 Å². The van der Waals surface area contributed by atoms with Crippen molar-refractivity contribution in [3.63, 3.8) is 0 Å². The molecule has 0 aromatic heterocycles. The summed E-state index contributed by atoms with van der Waals surface area (Å²) in [5, 5.41) is 14.1. The molecule has 21 heavy (non-hydrogen) atoms. The number of aliphatic hydroxyl groups is 1. The first kappa shape index (κ1) is 17.0. The van der Waals surface area contributed by atoms with Crippen LogP contribution in [0.25, 0.3) is 0 Å². The summed E-state index contributed by atoms with van der Waals surface area (Å²) in [6, 6.07) is 6.10. The standard InChI is InChI=1S/C15H22N2O4/c1-10(9-18)16-13(19)11-5-7-12(8-6-11)17-14(20)21-15(2,3)4/h5-8,10,18H,9H2,1-4H3,(H,16,19)(H,17,20). The predicted molar refractivity (Wildman–Crippen MR) is 80.3 cm³/mol. The highest BCUT2D eigenvalue weighted by molar-refractivity contribution is 5.95. The average molecular weight is 294 g/mol. The lowest BCUT2D eigenvalue weighted by Crippen LogP contribution is -2.34. The van der Waals surface area contributed by atoms with Gasteiger partial charge in [0.2, 0.25) is 0 Å². The molecule has 1 unspecified atom stereocenters. The van der Waals surface area contributed by atoms with Crippen molar-refractivity contribution in [1.29, 1.82) is 0 Å². The smallest absolute Gasteiger partial charge is 0.412 e. The molecule has 1 aromatic carbocycles. The van der Waals surface area contributed by atoms with Gasteiger partial charge < -0.3 is 15.2 Å². The minimum Gasteiger partial charge on any atom is -0.444 e. The van der Waals surface area contributed by atoms with Crippen LogP contribution in [0.2, 0.25) is 0 Å². The van der Waals surface area contributed by atoms with E-state index in [0.29, 0.717) is 11.3 Å². The summed E-state index contributed by atoms with van der Waals surface area (Å²) >= 11 is 0. The highest BCUT2D eigenvalue weighted by Crippen LogP contribution is 2.13. The summed E-state index contributed by atoms with van der Waals surface area (Å²) in [7, 11) is 0. The van der Waals surface area contributed by atoms with Crippen LogP contribution in [0.1, 0.15) is 38.1 Å². The second-order valence-electron chi connectivity index (χ2n) is 5.76. The highest BCUT2D eigenvalue weighted by Gasteiger charge is 2.16. The van der Waals surface area contributed by atoms with Crippen LogP contribution in [0.15, 0.2) is 24.3 Å². The number of rotatable bonds is 4. The van der Waals surface area contributed by atoms with Crippen molar-refractivity contribution in [1.82, 2.24) is 5.32 Å². The maximum Gasteiger partial charge on any atom is 0.412 e. The van der Waals surface area contributed by atoms with Crippen LogP contribution in [-0.2, 0) is 4.74 Å². The van der Waals surface area contributed by atoms with E-state index in [1.807, 2.05) is 0 Å². The Kier molecular flexibility index (Phi) is 5.72. The van der Waals surface area contributed by atoms with Gasteiger partial charge in [-0.3, -0.25) is 10.1 Å². The first-order valence-corrected chi connectivity index (χ1v) is 6.73. The van der Waals surface area contributed by atoms with Crippen LogP contribution in [0.4, 0.5) is 10.5 Å². The minimum absolute atomic E-state index is 0.121. The van der Waals surface area contributed by atoms with E-state index < -0.39 is 11.7 Å². The van der Waals surface area contributed by atoms with Crippen molar-refractivity contribution in [2.45, 2.75) is 39.3 Å². The molecule has 1 rings (SSSR count). The van der Waals surface area contributed by atoms with Crippen molar-refractivity contribution in [3.05, 3.63) is 29.8 Å². The number of amides is 2. The van der Waals surface area contributed by atoms with Gasteiger partial charge in [0, 0.05) is 17.3 Å². The zero-order chi connectivity index (χ0) is 16.0. The van der Waals surface area contributed by atoms with Gasteiger partial charge in [0.15, 0.2) is 0 Å². The molecule has 0 fully saturated rings. The Labute approximate surface area is 124 Å². The monoisotopic (exact) mass is 294 g/mol. The molecule has 0 heterocycles. The average Bonchev–Trinajstić information content (AvgIpc) is 2.36. The number of hydrogen-bond acceptors (Lipinski definition) is 4. The molecular formula is C15H22N2O4. The van der Waals surface area contributed by atoms with Crippen LogP contribution in [0.3, 0.4) is 0 Å². The maximum atomic E-state index is 11.8. The number of hydrogen-bond donors (Lipinski definition) is 3. The quantitative estimate of drug-likeness (QED) is 0.794. The highest BCUT2D eigenvalue weighted by atomic mass is 16.6. The van der Waals surface area contributed by atoms with E-state index >= 15 is 0 Å². The predicted octanol–water partition coefficient (Wildman–Crippen LogP) is 2.14. The number of benzene rings is 1. The fraction of sp³-hybridized carbons (Fsp3) is 0.467. The SMILES string of the molecule is CC(CO)NC(=O)c1ccc(NC(=O)OC(C)(C)C)cc1. The van der Waals surface area contributed by atoms with E-state index in [4.69, 9.17) is 9.84 Å². The topological polar surface area (TPSA) is 87.7 Å². The molecule has 0 saturated heterocycles. The number of aliphatic hydroxyl groups excluding tert-OH is 1. The fourth-order valence-corrected chi connectivity index (χ4v) is 1.48. The fourth-order valence-electron chi connectivity index (χ4n) is 1.48. The number of anilines is 1. The van der Waals surface area contributed by atoms with Crippen molar-refractivity contribution >= 4 is 17.7 Å². The van der Waals surface area contributed by atoms with E-state index in [-0.39, 0.29) is 18.6 Å². The Morgan fingerprint density at radius 2 is 1.81 bits per heavy atom. The summed E-state index contributed by atoms with van der Waals surface area (Å²) in [6.07, 6.45) is -0.548. The molecule has 116 valence electrons. The molecule has 0 aliphatic carbocycles. The van der Waals surface area contributed by atoms with Crippen LogP contribution in [0, 0.1) is 0 Å². The minimum atomic E-state index is -0.565. The lowest BCUT2D eigenvalue weighted by molar-refractivity contribution is 0.0635. The van der Waals surface area contributed by atoms with Gasteiger partial charge in [-0.05, 0) is 52.0 Å². The van der Waals surface area contributed by atoms with E-state index in [1.54, 1.807) is 52.0 Å². The molecule has 0 aliphatic rings. The van der Waals surface area contributed by atoms with E-state index in [2.05, 4.69) is 10.6 Å². The summed E-state index contributed by atoms with van der Waals surface area (Å²) in [5.41, 5.74) is 0.422. The molecule has 2 amide bonds.